The normalized spacial score (nSPS) is 13.8. The maximum atomic E-state index is 4.25. The van der Waals surface area contributed by atoms with Crippen LogP contribution in [-0.2, 0) is 19.3 Å². The number of pyridine rings is 1. The third-order valence-corrected chi connectivity index (χ3v) is 7.65. The minimum atomic E-state index is 0.0146. The van der Waals surface area contributed by atoms with Gasteiger partial charge in [0.25, 0.3) is 0 Å². The monoisotopic (exact) mass is 440 g/mol. The van der Waals surface area contributed by atoms with Gasteiger partial charge in [0, 0.05) is 12.4 Å². The second-order valence-electron chi connectivity index (χ2n) is 11.8. The van der Waals surface area contributed by atoms with Crippen molar-refractivity contribution < 1.29 is 0 Å². The molecule has 0 aliphatic carbocycles. The maximum Gasteiger partial charge on any atom is 0.0270 e. The molecule has 0 saturated carbocycles. The van der Waals surface area contributed by atoms with Gasteiger partial charge in [-0.15, -0.1) is 0 Å². The molecule has 3 rings (SSSR count). The molecule has 0 aliphatic heterocycles. The predicted molar refractivity (Wildman–Crippen MR) is 142 cm³/mol. The summed E-state index contributed by atoms with van der Waals surface area (Å²) in [6.45, 7) is 17.0. The molecule has 1 nitrogen and oxygen atoms in total. The summed E-state index contributed by atoms with van der Waals surface area (Å²) < 4.78 is 0. The Hall–Kier alpha value is -2.41. The summed E-state index contributed by atoms with van der Waals surface area (Å²) in [5.74, 6) is 2.07. The summed E-state index contributed by atoms with van der Waals surface area (Å²) in [6.07, 6.45) is 6.98. The number of benzene rings is 2. The van der Waals surface area contributed by atoms with Crippen LogP contribution in [0.1, 0.15) is 65.2 Å². The van der Waals surface area contributed by atoms with Crippen molar-refractivity contribution in [3.63, 3.8) is 0 Å². The second-order valence-corrected chi connectivity index (χ2v) is 11.8. The molecule has 1 aromatic heterocycles. The molecule has 0 fully saturated rings. The Morgan fingerprint density at radius 1 is 0.667 bits per heavy atom. The topological polar surface area (TPSA) is 12.9 Å². The Kier molecular flexibility index (Phi) is 7.83. The van der Waals surface area contributed by atoms with Crippen LogP contribution in [-0.4, -0.2) is 4.98 Å². The molecule has 1 unspecified atom stereocenters. The lowest BCUT2D eigenvalue weighted by Gasteiger charge is -2.54. The first-order chi connectivity index (χ1) is 15.5. The van der Waals surface area contributed by atoms with Crippen molar-refractivity contribution in [2.24, 2.45) is 22.2 Å². The average molecular weight is 441 g/mol. The lowest BCUT2D eigenvalue weighted by Crippen LogP contribution is -2.49. The van der Waals surface area contributed by atoms with Gasteiger partial charge in [-0.05, 0) is 76.2 Å². The van der Waals surface area contributed by atoms with Crippen molar-refractivity contribution in [3.05, 3.63) is 108 Å². The van der Waals surface area contributed by atoms with Crippen LogP contribution in [0.25, 0.3) is 0 Å². The minimum Gasteiger partial charge on any atom is -0.265 e. The molecule has 1 radical (unpaired) electrons. The highest BCUT2D eigenvalue weighted by atomic mass is 14.6. The maximum absolute atomic E-state index is 4.25. The number of nitrogens with zero attached hydrogens (tertiary/aromatic N) is 1. The van der Waals surface area contributed by atoms with Gasteiger partial charge >= 0.3 is 0 Å². The van der Waals surface area contributed by atoms with Crippen LogP contribution in [0.5, 0.6) is 0 Å². The molecule has 3 aromatic rings. The highest BCUT2D eigenvalue weighted by Gasteiger charge is 2.50. The third kappa shape index (κ3) is 6.14. The molecule has 0 bridgehead atoms. The van der Waals surface area contributed by atoms with Crippen LogP contribution in [0.15, 0.2) is 85.2 Å². The van der Waals surface area contributed by atoms with Gasteiger partial charge in [-0.1, -0.05) is 109 Å². The quantitative estimate of drug-likeness (QED) is 0.343. The molecular weight excluding hydrogens is 398 g/mol. The van der Waals surface area contributed by atoms with Crippen LogP contribution in [0, 0.1) is 28.1 Å². The molecule has 33 heavy (non-hydrogen) atoms. The van der Waals surface area contributed by atoms with Gasteiger partial charge in [-0.2, -0.15) is 0 Å². The number of rotatable bonds is 8. The number of hydrogen-bond acceptors (Lipinski definition) is 1. The molecule has 0 amide bonds. The molecule has 0 N–H and O–H groups in total. The average Bonchev–Trinajstić information content (AvgIpc) is 2.77. The highest BCUT2D eigenvalue weighted by molar-refractivity contribution is 5.29. The zero-order chi connectivity index (χ0) is 24.1. The molecule has 1 atom stereocenters. The van der Waals surface area contributed by atoms with Crippen LogP contribution in [0.2, 0.25) is 0 Å². The molecule has 0 saturated heterocycles. The smallest absolute Gasteiger partial charge is 0.0270 e. The first-order valence-electron chi connectivity index (χ1n) is 12.3. The zero-order valence-electron chi connectivity index (χ0n) is 21.7. The van der Waals surface area contributed by atoms with Gasteiger partial charge in [0.2, 0.25) is 0 Å². The fourth-order valence-corrected chi connectivity index (χ4v) is 5.55. The Labute approximate surface area is 202 Å². The standard InChI is InChI=1S/C32H42N/c1-25(29(30(2,3)4)22-26-18-20-33-21-19-26)32(31(5,6)7,23-27-14-10-8-11-15-27)24-28-16-12-9-13-17-28/h8-21,29H,22-24H2,1-7H3. The predicted octanol–water partition coefficient (Wildman–Crippen LogP) is 8.40. The van der Waals surface area contributed by atoms with Gasteiger partial charge < -0.3 is 0 Å². The molecule has 2 aromatic carbocycles. The zero-order valence-corrected chi connectivity index (χ0v) is 21.7. The number of aromatic nitrogens is 1. The van der Waals surface area contributed by atoms with Crippen LogP contribution in [0.3, 0.4) is 0 Å². The largest absolute Gasteiger partial charge is 0.265 e. The molecule has 0 aliphatic rings. The van der Waals surface area contributed by atoms with Crippen molar-refractivity contribution in [2.75, 3.05) is 0 Å². The third-order valence-electron chi connectivity index (χ3n) is 7.65. The first kappa shape index (κ1) is 25.2. The summed E-state index contributed by atoms with van der Waals surface area (Å²) in [5.41, 5.74) is 4.45. The Morgan fingerprint density at radius 2 is 1.12 bits per heavy atom. The van der Waals surface area contributed by atoms with E-state index in [1.165, 1.54) is 16.7 Å². The van der Waals surface area contributed by atoms with E-state index < -0.39 is 0 Å². The molecule has 0 spiro atoms. The van der Waals surface area contributed by atoms with E-state index in [0.717, 1.165) is 19.3 Å². The van der Waals surface area contributed by atoms with Crippen molar-refractivity contribution in [1.82, 2.24) is 4.98 Å². The van der Waals surface area contributed by atoms with Crippen LogP contribution in [0.4, 0.5) is 0 Å². The fourth-order valence-electron chi connectivity index (χ4n) is 5.55. The van der Waals surface area contributed by atoms with E-state index in [0.29, 0.717) is 5.92 Å². The van der Waals surface area contributed by atoms with Crippen molar-refractivity contribution in [3.8, 4) is 0 Å². The molecular formula is C32H42N. The van der Waals surface area contributed by atoms with Gasteiger partial charge in [0.05, 0.1) is 0 Å². The Balaban J connectivity index is 2.13. The van der Waals surface area contributed by atoms with E-state index in [9.17, 15) is 0 Å². The van der Waals surface area contributed by atoms with Crippen molar-refractivity contribution >= 4 is 0 Å². The van der Waals surface area contributed by atoms with E-state index in [1.54, 1.807) is 5.92 Å². The Bertz CT molecular complexity index is 920. The summed E-state index contributed by atoms with van der Waals surface area (Å²) in [6, 6.07) is 26.5. The first-order valence-corrected chi connectivity index (χ1v) is 12.3. The minimum absolute atomic E-state index is 0.0146. The van der Waals surface area contributed by atoms with E-state index in [1.807, 2.05) is 12.4 Å². The van der Waals surface area contributed by atoms with Gasteiger partial charge in [-0.3, -0.25) is 4.98 Å². The van der Waals surface area contributed by atoms with Gasteiger partial charge in [-0.25, -0.2) is 0 Å². The van der Waals surface area contributed by atoms with Crippen molar-refractivity contribution in [2.45, 2.75) is 67.7 Å². The van der Waals surface area contributed by atoms with Crippen LogP contribution < -0.4 is 0 Å². The van der Waals surface area contributed by atoms with Gasteiger partial charge in [0.15, 0.2) is 0 Å². The lowest BCUT2D eigenvalue weighted by molar-refractivity contribution is 0.0585. The number of hydrogen-bond donors (Lipinski definition) is 0. The lowest BCUT2D eigenvalue weighted by atomic mass is 9.50. The van der Waals surface area contributed by atoms with Crippen LogP contribution >= 0.6 is 0 Å². The van der Waals surface area contributed by atoms with E-state index in [-0.39, 0.29) is 16.2 Å². The summed E-state index contributed by atoms with van der Waals surface area (Å²) in [4.78, 5) is 4.25. The molecule has 1 heteroatoms. The summed E-state index contributed by atoms with van der Waals surface area (Å²) in [5, 5.41) is 0. The Morgan fingerprint density at radius 3 is 1.52 bits per heavy atom. The van der Waals surface area contributed by atoms with E-state index >= 15 is 0 Å². The second kappa shape index (κ2) is 10.2. The summed E-state index contributed by atoms with van der Waals surface area (Å²) >= 11 is 0. The highest BCUT2D eigenvalue weighted by Crippen LogP contribution is 2.56. The van der Waals surface area contributed by atoms with Crippen molar-refractivity contribution in [1.29, 1.82) is 0 Å². The SMILES string of the molecule is C[C](C(Cc1ccncc1)C(C)(C)C)C(Cc1ccccc1)(Cc1ccccc1)C(C)(C)C. The fraction of sp³-hybridized carbons (Fsp3) is 0.438. The molecule has 1 heterocycles. The van der Waals surface area contributed by atoms with Gasteiger partial charge in [0.1, 0.15) is 0 Å². The summed E-state index contributed by atoms with van der Waals surface area (Å²) in [7, 11) is 0. The molecule has 175 valence electrons. The van der Waals surface area contributed by atoms with E-state index in [4.69, 9.17) is 0 Å². The van der Waals surface area contributed by atoms with E-state index in [2.05, 4.69) is 126 Å².